The van der Waals surface area contributed by atoms with Crippen LogP contribution in [0.2, 0.25) is 0 Å². The zero-order valence-electron chi connectivity index (χ0n) is 13.2. The highest BCUT2D eigenvalue weighted by Gasteiger charge is 2.52. The third kappa shape index (κ3) is 2.85. The van der Waals surface area contributed by atoms with Crippen LogP contribution in [0.25, 0.3) is 0 Å². The summed E-state index contributed by atoms with van der Waals surface area (Å²) in [7, 11) is 0. The number of hydrogen-bond acceptors (Lipinski definition) is 2. The van der Waals surface area contributed by atoms with Crippen LogP contribution in [-0.4, -0.2) is 12.1 Å². The van der Waals surface area contributed by atoms with E-state index in [2.05, 4.69) is 45.0 Å². The monoisotopic (exact) mass is 275 g/mol. The molecule has 0 radical (unpaired) electrons. The Labute approximate surface area is 123 Å². The first kappa shape index (κ1) is 15.4. The van der Waals surface area contributed by atoms with Crippen LogP contribution in [0.4, 0.5) is 0 Å². The lowest BCUT2D eigenvalue weighted by molar-refractivity contribution is -0.0722. The molecule has 0 heterocycles. The van der Waals surface area contributed by atoms with Gasteiger partial charge >= 0.3 is 0 Å². The van der Waals surface area contributed by atoms with Crippen LogP contribution in [0, 0.1) is 5.41 Å². The highest BCUT2D eigenvalue weighted by atomic mass is 16.5. The molecule has 0 aromatic heterocycles. The summed E-state index contributed by atoms with van der Waals surface area (Å²) in [4.78, 5) is 0. The molecule has 20 heavy (non-hydrogen) atoms. The number of rotatable bonds is 7. The summed E-state index contributed by atoms with van der Waals surface area (Å²) in [6.45, 7) is 6.69. The van der Waals surface area contributed by atoms with Gasteiger partial charge in [0, 0.05) is 17.9 Å². The number of aryl methyl sites for hydroxylation is 1. The summed E-state index contributed by atoms with van der Waals surface area (Å²) in [5.41, 5.74) is 7.81. The topological polar surface area (TPSA) is 35.2 Å². The highest BCUT2D eigenvalue weighted by molar-refractivity contribution is 5.28. The Kier molecular flexibility index (Phi) is 5.09. The molecule has 1 aliphatic rings. The van der Waals surface area contributed by atoms with Gasteiger partial charge in [-0.05, 0) is 43.4 Å². The fourth-order valence-electron chi connectivity index (χ4n) is 3.45. The fraction of sp³-hybridized carbons (Fsp3) is 0.667. The molecule has 0 spiro atoms. The molecule has 1 aromatic rings. The van der Waals surface area contributed by atoms with E-state index in [9.17, 15) is 0 Å². The summed E-state index contributed by atoms with van der Waals surface area (Å²) in [5, 5.41) is 0. The number of benzene rings is 1. The molecule has 0 amide bonds. The molecule has 2 atom stereocenters. The predicted octanol–water partition coefficient (Wildman–Crippen LogP) is 4.31. The highest BCUT2D eigenvalue weighted by Crippen LogP contribution is 2.47. The maximum atomic E-state index is 6.22. The average molecular weight is 275 g/mol. The van der Waals surface area contributed by atoms with Crippen molar-refractivity contribution in [2.45, 2.75) is 71.4 Å². The van der Waals surface area contributed by atoms with Gasteiger partial charge < -0.3 is 10.5 Å². The second-order valence-electron chi connectivity index (χ2n) is 6.14. The number of ether oxygens (including phenoxy) is 1. The second-order valence-corrected chi connectivity index (χ2v) is 6.14. The van der Waals surface area contributed by atoms with Crippen molar-refractivity contribution in [3.63, 3.8) is 0 Å². The van der Waals surface area contributed by atoms with Crippen LogP contribution in [0.5, 0.6) is 5.75 Å². The molecule has 2 unspecified atom stereocenters. The number of unbranched alkanes of at least 4 members (excludes halogenated alkanes) is 1. The third-order valence-electron chi connectivity index (χ3n) is 5.18. The lowest BCUT2D eigenvalue weighted by Crippen LogP contribution is -2.62. The first-order valence-corrected chi connectivity index (χ1v) is 8.17. The molecular weight excluding hydrogens is 246 g/mol. The molecule has 1 saturated carbocycles. The van der Waals surface area contributed by atoms with E-state index in [4.69, 9.17) is 10.5 Å². The van der Waals surface area contributed by atoms with E-state index >= 15 is 0 Å². The quantitative estimate of drug-likeness (QED) is 0.804. The van der Waals surface area contributed by atoms with E-state index in [0.29, 0.717) is 6.04 Å². The van der Waals surface area contributed by atoms with E-state index in [1.165, 1.54) is 24.8 Å². The maximum absolute atomic E-state index is 6.22. The first-order valence-electron chi connectivity index (χ1n) is 8.17. The minimum atomic E-state index is 0.181. The maximum Gasteiger partial charge on any atom is 0.119 e. The minimum absolute atomic E-state index is 0.181. The van der Waals surface area contributed by atoms with Gasteiger partial charge in [0.2, 0.25) is 0 Å². The summed E-state index contributed by atoms with van der Waals surface area (Å²) in [6.07, 6.45) is 7.14. The lowest BCUT2D eigenvalue weighted by Gasteiger charge is -2.53. The summed E-state index contributed by atoms with van der Waals surface area (Å²) >= 11 is 0. The summed E-state index contributed by atoms with van der Waals surface area (Å²) < 4.78 is 6.20. The largest absolute Gasteiger partial charge is 0.490 e. The molecule has 0 aliphatic heterocycles. The molecule has 1 aliphatic carbocycles. The molecule has 2 heteroatoms. The normalized spacial score (nSPS) is 24.2. The summed E-state index contributed by atoms with van der Waals surface area (Å²) in [5.74, 6) is 0.994. The molecular formula is C18H29NO. The van der Waals surface area contributed by atoms with Crippen molar-refractivity contribution in [3.05, 3.63) is 29.8 Å². The van der Waals surface area contributed by atoms with Gasteiger partial charge in [-0.2, -0.15) is 0 Å². The van der Waals surface area contributed by atoms with E-state index in [-0.39, 0.29) is 11.5 Å². The third-order valence-corrected chi connectivity index (χ3v) is 5.18. The Hall–Kier alpha value is -1.02. The minimum Gasteiger partial charge on any atom is -0.490 e. The first-order chi connectivity index (χ1) is 9.66. The molecule has 0 saturated heterocycles. The zero-order valence-corrected chi connectivity index (χ0v) is 13.2. The SMILES string of the molecule is CCCCc1ccc(OC2CC(N)C2(CC)CC)cc1. The number of nitrogens with two attached hydrogens (primary N) is 1. The van der Waals surface area contributed by atoms with Gasteiger partial charge in [0.1, 0.15) is 11.9 Å². The smallest absolute Gasteiger partial charge is 0.119 e. The van der Waals surface area contributed by atoms with E-state index in [1.54, 1.807) is 0 Å². The van der Waals surface area contributed by atoms with Crippen LogP contribution in [0.3, 0.4) is 0 Å². The van der Waals surface area contributed by atoms with Crippen molar-refractivity contribution in [1.82, 2.24) is 0 Å². The van der Waals surface area contributed by atoms with Gasteiger partial charge in [0.05, 0.1) is 0 Å². The van der Waals surface area contributed by atoms with Gasteiger partial charge in [0.15, 0.2) is 0 Å². The van der Waals surface area contributed by atoms with Gasteiger partial charge in [-0.15, -0.1) is 0 Å². The van der Waals surface area contributed by atoms with Crippen molar-refractivity contribution in [2.24, 2.45) is 11.1 Å². The Morgan fingerprint density at radius 1 is 1.15 bits per heavy atom. The Balaban J connectivity index is 1.97. The Bertz CT molecular complexity index is 408. The molecule has 2 nitrogen and oxygen atoms in total. The molecule has 1 fully saturated rings. The van der Waals surface area contributed by atoms with E-state index < -0.39 is 0 Å². The van der Waals surface area contributed by atoms with Crippen molar-refractivity contribution in [3.8, 4) is 5.75 Å². The van der Waals surface area contributed by atoms with Gasteiger partial charge in [-0.1, -0.05) is 39.3 Å². The van der Waals surface area contributed by atoms with Crippen LogP contribution >= 0.6 is 0 Å². The standard InChI is InChI=1S/C18H29NO/c1-4-7-8-14-9-11-15(12-10-14)20-17-13-16(19)18(17,5-2)6-3/h9-12,16-17H,4-8,13,19H2,1-3H3. The van der Waals surface area contributed by atoms with Crippen molar-refractivity contribution in [2.75, 3.05) is 0 Å². The van der Waals surface area contributed by atoms with Crippen LogP contribution in [0.1, 0.15) is 58.4 Å². The van der Waals surface area contributed by atoms with Crippen LogP contribution in [0.15, 0.2) is 24.3 Å². The van der Waals surface area contributed by atoms with Gasteiger partial charge in [-0.25, -0.2) is 0 Å². The zero-order chi connectivity index (χ0) is 14.6. The summed E-state index contributed by atoms with van der Waals surface area (Å²) in [6, 6.07) is 8.92. The van der Waals surface area contributed by atoms with E-state index in [1.807, 2.05) is 0 Å². The predicted molar refractivity (Wildman–Crippen MR) is 85.1 cm³/mol. The molecule has 1 aromatic carbocycles. The van der Waals surface area contributed by atoms with E-state index in [0.717, 1.165) is 25.0 Å². The number of hydrogen-bond donors (Lipinski definition) is 1. The Morgan fingerprint density at radius 3 is 2.30 bits per heavy atom. The molecule has 2 rings (SSSR count). The van der Waals surface area contributed by atoms with Crippen molar-refractivity contribution in [1.29, 1.82) is 0 Å². The van der Waals surface area contributed by atoms with Gasteiger partial charge in [0.25, 0.3) is 0 Å². The lowest BCUT2D eigenvalue weighted by atomic mass is 9.59. The van der Waals surface area contributed by atoms with Crippen LogP contribution in [-0.2, 0) is 6.42 Å². The second kappa shape index (κ2) is 6.62. The fourth-order valence-corrected chi connectivity index (χ4v) is 3.45. The Morgan fingerprint density at radius 2 is 1.80 bits per heavy atom. The van der Waals surface area contributed by atoms with Crippen molar-refractivity contribution >= 4 is 0 Å². The average Bonchev–Trinajstić information content (AvgIpc) is 2.47. The van der Waals surface area contributed by atoms with Crippen LogP contribution < -0.4 is 10.5 Å². The van der Waals surface area contributed by atoms with Crippen molar-refractivity contribution < 1.29 is 4.74 Å². The molecule has 0 bridgehead atoms. The molecule has 2 N–H and O–H groups in total. The molecule has 112 valence electrons. The van der Waals surface area contributed by atoms with Gasteiger partial charge in [-0.3, -0.25) is 0 Å².